The molecule has 0 radical (unpaired) electrons. The van der Waals surface area contributed by atoms with E-state index in [2.05, 4.69) is 16.4 Å². The normalized spacial score (nSPS) is 10.1. The van der Waals surface area contributed by atoms with Crippen molar-refractivity contribution in [3.63, 3.8) is 0 Å². The Morgan fingerprint density at radius 2 is 1.92 bits per heavy atom. The van der Waals surface area contributed by atoms with Crippen LogP contribution in [0.3, 0.4) is 0 Å². The number of hydrogen-bond acceptors (Lipinski definition) is 5. The maximum atomic E-state index is 11.6. The van der Waals surface area contributed by atoms with E-state index in [1.807, 2.05) is 42.5 Å². The molecule has 1 aromatic carbocycles. The Morgan fingerprint density at radius 1 is 1.12 bits per heavy atom. The first kappa shape index (κ1) is 17.7. The molecule has 0 unspecified atom stereocenters. The minimum absolute atomic E-state index is 0.121. The van der Waals surface area contributed by atoms with E-state index in [0.29, 0.717) is 25.3 Å². The van der Waals surface area contributed by atoms with Gasteiger partial charge in [-0.25, -0.2) is 0 Å². The molecule has 0 aliphatic carbocycles. The lowest BCUT2D eigenvalue weighted by Crippen LogP contribution is -2.15. The summed E-state index contributed by atoms with van der Waals surface area (Å²) in [4.78, 5) is 21.4. The molecule has 1 heterocycles. The number of terminal acetylenes is 1. The van der Waals surface area contributed by atoms with Crippen molar-refractivity contribution in [2.24, 2.45) is 0 Å². The van der Waals surface area contributed by atoms with Gasteiger partial charge in [-0.15, -0.1) is 12.3 Å². The van der Waals surface area contributed by atoms with Crippen molar-refractivity contribution < 1.29 is 14.4 Å². The molecule has 0 atom stereocenters. The van der Waals surface area contributed by atoms with Gasteiger partial charge in [0.05, 0.1) is 17.8 Å². The number of carbonyl (C=O) groups is 1. The fourth-order valence-electron chi connectivity index (χ4n) is 1.99. The fraction of sp³-hybridized carbons (Fsp3) is 0.263. The topological polar surface area (TPSA) is 60.5 Å². The first-order valence-corrected chi connectivity index (χ1v) is 7.70. The smallest absolute Gasteiger partial charge is 0.311 e. The highest BCUT2D eigenvalue weighted by Crippen LogP contribution is 2.04. The Labute approximate surface area is 142 Å². The van der Waals surface area contributed by atoms with Crippen molar-refractivity contribution in [3.8, 4) is 12.3 Å². The molecule has 0 bridgehead atoms. The van der Waals surface area contributed by atoms with Crippen LogP contribution in [0, 0.1) is 12.3 Å². The van der Waals surface area contributed by atoms with Gasteiger partial charge in [-0.3, -0.25) is 14.6 Å². The summed E-state index contributed by atoms with van der Waals surface area (Å²) in [5, 5.41) is 0. The molecule has 0 spiro atoms. The Hall–Kier alpha value is -2.68. The predicted molar refractivity (Wildman–Crippen MR) is 90.4 cm³/mol. The van der Waals surface area contributed by atoms with Crippen LogP contribution in [0.25, 0.3) is 0 Å². The van der Waals surface area contributed by atoms with E-state index >= 15 is 0 Å². The van der Waals surface area contributed by atoms with Crippen molar-refractivity contribution in [2.75, 3.05) is 6.61 Å². The number of nitrogens with zero attached hydrogens (tertiary/aromatic N) is 1. The monoisotopic (exact) mass is 324 g/mol. The number of pyridine rings is 1. The van der Waals surface area contributed by atoms with Crippen molar-refractivity contribution in [1.29, 1.82) is 0 Å². The molecule has 0 fully saturated rings. The first-order chi connectivity index (χ1) is 11.8. The minimum atomic E-state index is -0.335. The maximum absolute atomic E-state index is 11.6. The van der Waals surface area contributed by atoms with Gasteiger partial charge >= 0.3 is 5.97 Å². The van der Waals surface area contributed by atoms with E-state index in [-0.39, 0.29) is 19.0 Å². The van der Waals surface area contributed by atoms with Crippen molar-refractivity contribution in [1.82, 2.24) is 10.5 Å². The van der Waals surface area contributed by atoms with Crippen LogP contribution in [0.4, 0.5) is 0 Å². The molecule has 0 aliphatic rings. The van der Waals surface area contributed by atoms with Crippen molar-refractivity contribution in [3.05, 3.63) is 65.5 Å². The highest BCUT2D eigenvalue weighted by molar-refractivity contribution is 5.71. The van der Waals surface area contributed by atoms with E-state index in [9.17, 15) is 4.79 Å². The Bertz CT molecular complexity index is 681. The number of nitrogens with one attached hydrogen (secondary N) is 1. The summed E-state index contributed by atoms with van der Waals surface area (Å²) < 4.78 is 5.01. The van der Waals surface area contributed by atoms with Crippen molar-refractivity contribution in [2.45, 2.75) is 26.0 Å². The van der Waals surface area contributed by atoms with Gasteiger partial charge in [-0.2, -0.15) is 5.48 Å². The lowest BCUT2D eigenvalue weighted by molar-refractivity contribution is -0.142. The van der Waals surface area contributed by atoms with E-state index in [0.717, 1.165) is 11.3 Å². The van der Waals surface area contributed by atoms with Crippen LogP contribution >= 0.6 is 0 Å². The third-order valence-electron chi connectivity index (χ3n) is 3.14. The Morgan fingerprint density at radius 3 is 2.71 bits per heavy atom. The summed E-state index contributed by atoms with van der Waals surface area (Å²) in [7, 11) is 0. The molecule has 1 N–H and O–H groups in total. The van der Waals surface area contributed by atoms with Gasteiger partial charge in [0.1, 0.15) is 13.2 Å². The molecular formula is C19H20N2O3. The number of hydrogen-bond donors (Lipinski definition) is 1. The van der Waals surface area contributed by atoms with Gasteiger partial charge in [0.2, 0.25) is 0 Å². The molecule has 0 saturated heterocycles. The van der Waals surface area contributed by atoms with Crippen LogP contribution in [0.2, 0.25) is 0 Å². The third kappa shape index (κ3) is 6.61. The highest BCUT2D eigenvalue weighted by Gasteiger charge is 2.06. The second kappa shape index (κ2) is 10.2. The molecule has 1 aromatic heterocycles. The largest absolute Gasteiger partial charge is 0.464 e. The second-order valence-corrected chi connectivity index (χ2v) is 5.07. The van der Waals surface area contributed by atoms with Crippen LogP contribution in [0.15, 0.2) is 48.5 Å². The van der Waals surface area contributed by atoms with E-state index in [1.165, 1.54) is 0 Å². The van der Waals surface area contributed by atoms with Gasteiger partial charge in [0, 0.05) is 13.0 Å². The molecule has 0 aliphatic heterocycles. The molecular weight excluding hydrogens is 304 g/mol. The quantitative estimate of drug-likeness (QED) is 0.332. The van der Waals surface area contributed by atoms with Gasteiger partial charge in [-0.05, 0) is 17.7 Å². The van der Waals surface area contributed by atoms with Crippen molar-refractivity contribution >= 4 is 5.97 Å². The minimum Gasteiger partial charge on any atom is -0.464 e. The summed E-state index contributed by atoms with van der Waals surface area (Å²) >= 11 is 0. The van der Waals surface area contributed by atoms with E-state index < -0.39 is 0 Å². The lowest BCUT2D eigenvalue weighted by atomic mass is 10.2. The molecule has 0 amide bonds. The third-order valence-corrected chi connectivity index (χ3v) is 3.14. The lowest BCUT2D eigenvalue weighted by Gasteiger charge is -2.07. The molecule has 0 saturated carbocycles. The van der Waals surface area contributed by atoms with Crippen LogP contribution in [-0.2, 0) is 33.9 Å². The average molecular weight is 324 g/mol. The standard InChI is InChI=1S/C19H20N2O3/c1-2-3-12-23-19(22)13-17-10-7-11-18(21-17)15-24-20-14-16-8-5-4-6-9-16/h1,4-11,20H,3,12-15H2. The number of carbonyl (C=O) groups excluding carboxylic acids is 1. The highest BCUT2D eigenvalue weighted by atomic mass is 16.6. The average Bonchev–Trinajstić information content (AvgIpc) is 2.60. The summed E-state index contributed by atoms with van der Waals surface area (Å²) in [6.07, 6.45) is 5.65. The van der Waals surface area contributed by atoms with Gasteiger partial charge < -0.3 is 4.74 Å². The van der Waals surface area contributed by atoms with Gasteiger partial charge in [0.25, 0.3) is 0 Å². The zero-order chi connectivity index (χ0) is 17.0. The number of benzene rings is 1. The number of ether oxygens (including phenoxy) is 1. The number of rotatable bonds is 9. The first-order valence-electron chi connectivity index (χ1n) is 7.70. The SMILES string of the molecule is C#CCCOC(=O)Cc1cccc(CONCc2ccccc2)n1. The Balaban J connectivity index is 1.74. The molecule has 5 heteroatoms. The maximum Gasteiger partial charge on any atom is 0.311 e. The van der Waals surface area contributed by atoms with Crippen LogP contribution in [0.1, 0.15) is 23.4 Å². The summed E-state index contributed by atoms with van der Waals surface area (Å²) in [5.74, 6) is 2.09. The number of esters is 1. The molecule has 2 aromatic rings. The zero-order valence-corrected chi connectivity index (χ0v) is 13.4. The predicted octanol–water partition coefficient (Wildman–Crippen LogP) is 2.41. The Kier molecular flexibility index (Phi) is 7.48. The van der Waals surface area contributed by atoms with Gasteiger partial charge in [-0.1, -0.05) is 36.4 Å². The summed E-state index contributed by atoms with van der Waals surface area (Å²) in [6, 6.07) is 15.4. The van der Waals surface area contributed by atoms with E-state index in [4.69, 9.17) is 16.0 Å². The fourth-order valence-corrected chi connectivity index (χ4v) is 1.99. The molecule has 124 valence electrons. The zero-order valence-electron chi connectivity index (χ0n) is 13.4. The van der Waals surface area contributed by atoms with Crippen LogP contribution in [-0.4, -0.2) is 17.6 Å². The molecule has 2 rings (SSSR count). The van der Waals surface area contributed by atoms with Crippen LogP contribution in [0.5, 0.6) is 0 Å². The number of aromatic nitrogens is 1. The second-order valence-electron chi connectivity index (χ2n) is 5.07. The van der Waals surface area contributed by atoms with Crippen LogP contribution < -0.4 is 5.48 Å². The molecule has 5 nitrogen and oxygen atoms in total. The molecule has 24 heavy (non-hydrogen) atoms. The summed E-state index contributed by atoms with van der Waals surface area (Å²) in [5.41, 5.74) is 5.41. The van der Waals surface area contributed by atoms with E-state index in [1.54, 1.807) is 6.07 Å². The summed E-state index contributed by atoms with van der Waals surface area (Å²) in [6.45, 7) is 1.16. The number of hydroxylamine groups is 1. The van der Waals surface area contributed by atoms with Gasteiger partial charge in [0.15, 0.2) is 0 Å².